The van der Waals surface area contributed by atoms with Crippen molar-refractivity contribution in [3.05, 3.63) is 35.9 Å². The maximum atomic E-state index is 12.1. The number of rotatable bonds is 4. The van der Waals surface area contributed by atoms with Crippen molar-refractivity contribution in [3.63, 3.8) is 0 Å². The van der Waals surface area contributed by atoms with Crippen LogP contribution < -0.4 is 0 Å². The Morgan fingerprint density at radius 1 is 1.27 bits per heavy atom. The molecule has 0 bridgehead atoms. The van der Waals surface area contributed by atoms with E-state index < -0.39 is 5.60 Å². The van der Waals surface area contributed by atoms with Gasteiger partial charge in [0.2, 0.25) is 0 Å². The highest BCUT2D eigenvalue weighted by molar-refractivity contribution is 5.67. The van der Waals surface area contributed by atoms with Crippen molar-refractivity contribution in [2.45, 2.75) is 52.2 Å². The molecule has 0 aromatic heterocycles. The molecule has 0 atom stereocenters. The largest absolute Gasteiger partial charge is 0.445 e. The molecule has 0 saturated carbocycles. The first-order valence-corrected chi connectivity index (χ1v) is 7.96. The van der Waals surface area contributed by atoms with Crippen LogP contribution in [0.1, 0.15) is 45.6 Å². The lowest BCUT2D eigenvalue weighted by molar-refractivity contribution is -0.000904. The fourth-order valence-electron chi connectivity index (χ4n) is 3.26. The number of aliphatic hydroxyl groups is 1. The summed E-state index contributed by atoms with van der Waals surface area (Å²) in [5.41, 5.74) is 0.430. The molecule has 1 N–H and O–H groups in total. The zero-order valence-corrected chi connectivity index (χ0v) is 13.8. The van der Waals surface area contributed by atoms with Crippen LogP contribution in [0.2, 0.25) is 0 Å². The highest BCUT2D eigenvalue weighted by Gasteiger charge is 2.36. The molecule has 22 heavy (non-hydrogen) atoms. The molecule has 122 valence electrons. The van der Waals surface area contributed by atoms with Crippen molar-refractivity contribution in [2.24, 2.45) is 5.41 Å². The molecule has 4 nitrogen and oxygen atoms in total. The van der Waals surface area contributed by atoms with Crippen LogP contribution in [-0.4, -0.2) is 34.8 Å². The van der Waals surface area contributed by atoms with Crippen LogP contribution in [0.5, 0.6) is 0 Å². The van der Waals surface area contributed by atoms with E-state index in [9.17, 15) is 9.90 Å². The van der Waals surface area contributed by atoms with Gasteiger partial charge in [-0.3, -0.25) is 0 Å². The van der Waals surface area contributed by atoms with E-state index in [0.29, 0.717) is 19.7 Å². The molecule has 1 aromatic carbocycles. The van der Waals surface area contributed by atoms with Gasteiger partial charge in [-0.15, -0.1) is 0 Å². The normalized spacial score (nSPS) is 18.1. The number of carbonyl (C=O) groups is 1. The topological polar surface area (TPSA) is 49.8 Å². The molecule has 2 rings (SSSR count). The van der Waals surface area contributed by atoms with E-state index in [4.69, 9.17) is 4.74 Å². The van der Waals surface area contributed by atoms with Crippen LogP contribution >= 0.6 is 0 Å². The van der Waals surface area contributed by atoms with Gasteiger partial charge in [0.25, 0.3) is 0 Å². The van der Waals surface area contributed by atoms with Gasteiger partial charge in [0.15, 0.2) is 0 Å². The zero-order valence-electron chi connectivity index (χ0n) is 13.8. The monoisotopic (exact) mass is 305 g/mol. The van der Waals surface area contributed by atoms with Crippen molar-refractivity contribution in [2.75, 3.05) is 13.1 Å². The van der Waals surface area contributed by atoms with E-state index in [1.165, 1.54) is 0 Å². The molecule has 1 amide bonds. The molecule has 1 aliphatic heterocycles. The Labute approximate surface area is 133 Å². The molecule has 0 unspecified atom stereocenters. The van der Waals surface area contributed by atoms with Gasteiger partial charge in [0, 0.05) is 13.1 Å². The number of ether oxygens (including phenoxy) is 1. The van der Waals surface area contributed by atoms with Gasteiger partial charge in [0.05, 0.1) is 5.60 Å². The van der Waals surface area contributed by atoms with Gasteiger partial charge in [-0.2, -0.15) is 0 Å². The van der Waals surface area contributed by atoms with Gasteiger partial charge >= 0.3 is 6.09 Å². The Bertz CT molecular complexity index is 485. The molecule has 1 saturated heterocycles. The second-order valence-electron chi connectivity index (χ2n) is 7.33. The first kappa shape index (κ1) is 16.8. The second-order valence-corrected chi connectivity index (χ2v) is 7.33. The smallest absolute Gasteiger partial charge is 0.410 e. The van der Waals surface area contributed by atoms with Crippen LogP contribution in [0.15, 0.2) is 30.3 Å². The highest BCUT2D eigenvalue weighted by atomic mass is 16.6. The fourth-order valence-corrected chi connectivity index (χ4v) is 3.26. The van der Waals surface area contributed by atoms with Crippen molar-refractivity contribution >= 4 is 6.09 Å². The van der Waals surface area contributed by atoms with E-state index in [0.717, 1.165) is 24.8 Å². The maximum absolute atomic E-state index is 12.1. The average molecular weight is 305 g/mol. The number of hydrogen-bond acceptors (Lipinski definition) is 3. The Hall–Kier alpha value is -1.55. The standard InChI is InChI=1S/C18H27NO3/c1-17(2,21)14-18(3)9-11-19(12-10-18)16(20)22-13-15-7-5-4-6-8-15/h4-8,21H,9-14H2,1-3H3. The Morgan fingerprint density at radius 2 is 1.86 bits per heavy atom. The summed E-state index contributed by atoms with van der Waals surface area (Å²) >= 11 is 0. The summed E-state index contributed by atoms with van der Waals surface area (Å²) in [6, 6.07) is 9.71. The number of carbonyl (C=O) groups excluding carboxylic acids is 1. The zero-order chi connectivity index (χ0) is 16.2. The minimum Gasteiger partial charge on any atom is -0.445 e. The first-order valence-electron chi connectivity index (χ1n) is 7.96. The van der Waals surface area contributed by atoms with Crippen molar-refractivity contribution in [1.29, 1.82) is 0 Å². The third-order valence-corrected chi connectivity index (χ3v) is 4.29. The van der Waals surface area contributed by atoms with Crippen molar-refractivity contribution in [3.8, 4) is 0 Å². The molecule has 4 heteroatoms. The second kappa shape index (κ2) is 6.69. The Balaban J connectivity index is 1.80. The molecule has 1 heterocycles. The SMILES string of the molecule is CC(C)(O)CC1(C)CCN(C(=O)OCc2ccccc2)CC1. The molecule has 1 fully saturated rings. The summed E-state index contributed by atoms with van der Waals surface area (Å²) in [4.78, 5) is 13.9. The summed E-state index contributed by atoms with van der Waals surface area (Å²) in [5.74, 6) is 0. The van der Waals surface area contributed by atoms with Crippen LogP contribution in [0.4, 0.5) is 4.79 Å². The number of benzene rings is 1. The third-order valence-electron chi connectivity index (χ3n) is 4.29. The van der Waals surface area contributed by atoms with Gasteiger partial charge in [-0.05, 0) is 44.1 Å². The Kier molecular flexibility index (Phi) is 5.12. The molecule has 1 aliphatic rings. The molecule has 0 radical (unpaired) electrons. The number of piperidine rings is 1. The van der Waals surface area contributed by atoms with E-state index in [1.54, 1.807) is 4.90 Å². The van der Waals surface area contributed by atoms with Crippen molar-refractivity contribution < 1.29 is 14.6 Å². The van der Waals surface area contributed by atoms with Gasteiger partial charge in [-0.1, -0.05) is 37.3 Å². The number of likely N-dealkylation sites (tertiary alicyclic amines) is 1. The molecule has 0 aliphatic carbocycles. The molecular weight excluding hydrogens is 278 g/mol. The predicted octanol–water partition coefficient (Wildman–Crippen LogP) is 3.59. The van der Waals surface area contributed by atoms with E-state index in [1.807, 2.05) is 44.2 Å². The van der Waals surface area contributed by atoms with E-state index >= 15 is 0 Å². The van der Waals surface area contributed by atoms with Gasteiger partial charge in [0.1, 0.15) is 6.61 Å². The van der Waals surface area contributed by atoms with Crippen molar-refractivity contribution in [1.82, 2.24) is 4.90 Å². The number of nitrogens with zero attached hydrogens (tertiary/aromatic N) is 1. The summed E-state index contributed by atoms with van der Waals surface area (Å²) in [5, 5.41) is 10.0. The maximum Gasteiger partial charge on any atom is 0.410 e. The summed E-state index contributed by atoms with van der Waals surface area (Å²) in [6.45, 7) is 7.59. The lowest BCUT2D eigenvalue weighted by atomic mass is 9.73. The fraction of sp³-hybridized carbons (Fsp3) is 0.611. The molecule has 1 aromatic rings. The summed E-state index contributed by atoms with van der Waals surface area (Å²) in [6.07, 6.45) is 2.32. The predicted molar refractivity (Wildman–Crippen MR) is 86.5 cm³/mol. The lowest BCUT2D eigenvalue weighted by Gasteiger charge is -2.41. The minimum absolute atomic E-state index is 0.0917. The highest BCUT2D eigenvalue weighted by Crippen LogP contribution is 2.38. The average Bonchev–Trinajstić information content (AvgIpc) is 2.44. The van der Waals surface area contributed by atoms with E-state index in [2.05, 4.69) is 6.92 Å². The van der Waals surface area contributed by atoms with Crippen LogP contribution in [0.25, 0.3) is 0 Å². The summed E-state index contributed by atoms with van der Waals surface area (Å²) in [7, 11) is 0. The minimum atomic E-state index is -0.662. The van der Waals surface area contributed by atoms with Gasteiger partial charge < -0.3 is 14.7 Å². The van der Waals surface area contributed by atoms with Gasteiger partial charge in [-0.25, -0.2) is 4.79 Å². The molecular formula is C18H27NO3. The number of amides is 1. The first-order chi connectivity index (χ1) is 10.3. The Morgan fingerprint density at radius 3 is 2.41 bits per heavy atom. The van der Waals surface area contributed by atoms with Crippen LogP contribution in [0.3, 0.4) is 0 Å². The quantitative estimate of drug-likeness (QED) is 0.925. The lowest BCUT2D eigenvalue weighted by Crippen LogP contribution is -2.44. The van der Waals surface area contributed by atoms with Crippen LogP contribution in [-0.2, 0) is 11.3 Å². The van der Waals surface area contributed by atoms with Crippen LogP contribution in [0, 0.1) is 5.41 Å². The molecule has 0 spiro atoms. The van der Waals surface area contributed by atoms with E-state index in [-0.39, 0.29) is 11.5 Å². The summed E-state index contributed by atoms with van der Waals surface area (Å²) < 4.78 is 5.37. The number of hydrogen-bond donors (Lipinski definition) is 1. The third kappa shape index (κ3) is 5.02.